The number of aromatic hydroxyl groups is 1. The van der Waals surface area contributed by atoms with E-state index in [-0.39, 0.29) is 12.4 Å². The first-order valence-electron chi connectivity index (χ1n) is 4.51. The van der Waals surface area contributed by atoms with E-state index in [4.69, 9.17) is 15.9 Å². The molecule has 0 saturated carbocycles. The molecule has 0 heterocycles. The zero-order valence-electron chi connectivity index (χ0n) is 8.92. The second-order valence-electron chi connectivity index (χ2n) is 3.40. The number of hydrogen-bond acceptors (Lipinski definition) is 5. The number of halogens is 3. The molecule has 0 fully saturated rings. The molecule has 1 aromatic carbocycles. The summed E-state index contributed by atoms with van der Waals surface area (Å²) in [7, 11) is 0. The Balaban J connectivity index is 0.00000289. The highest BCUT2D eigenvalue weighted by molar-refractivity contribution is 5.85. The van der Waals surface area contributed by atoms with Crippen molar-refractivity contribution in [3.05, 3.63) is 33.9 Å². The lowest BCUT2D eigenvalue weighted by molar-refractivity contribution is -0.386. The van der Waals surface area contributed by atoms with E-state index in [2.05, 4.69) is 0 Å². The van der Waals surface area contributed by atoms with Crippen LogP contribution in [-0.2, 0) is 0 Å². The summed E-state index contributed by atoms with van der Waals surface area (Å²) in [6, 6.07) is 0.579. The highest BCUT2D eigenvalue weighted by Crippen LogP contribution is 2.35. The van der Waals surface area contributed by atoms with Gasteiger partial charge in [-0.3, -0.25) is 10.1 Å². The van der Waals surface area contributed by atoms with Crippen LogP contribution in [0.4, 0.5) is 14.5 Å². The maximum Gasteiger partial charge on any atom is 0.289 e. The van der Waals surface area contributed by atoms with E-state index in [0.717, 1.165) is 18.2 Å². The van der Waals surface area contributed by atoms with E-state index in [1.807, 2.05) is 0 Å². The molecular weight excluding hydrogens is 274 g/mol. The molecular formula is C9H11ClF2N2O4. The standard InChI is InChI=1S/C9H10F2N2O4.ClH/c10-9(11,4-14)8(12)6-3-5(15)1-2-7(6)13(16)17;/h1-3,8,14-15H,4,12H2;1H/t8-;/m0./s1. The average Bonchev–Trinajstić information content (AvgIpc) is 2.27. The SMILES string of the molecule is Cl.N[C@@H](c1cc(O)ccc1[N+](=O)[O-])C(F)(F)CO. The van der Waals surface area contributed by atoms with E-state index >= 15 is 0 Å². The third-order valence-corrected chi connectivity index (χ3v) is 2.21. The Morgan fingerprint density at radius 2 is 2.06 bits per heavy atom. The molecule has 0 bridgehead atoms. The van der Waals surface area contributed by atoms with Crippen LogP contribution in [0.2, 0.25) is 0 Å². The van der Waals surface area contributed by atoms with Gasteiger partial charge in [0.2, 0.25) is 0 Å². The quantitative estimate of drug-likeness (QED) is 0.571. The number of rotatable bonds is 4. The maximum absolute atomic E-state index is 13.1. The van der Waals surface area contributed by atoms with Crippen molar-refractivity contribution in [2.75, 3.05) is 6.61 Å². The van der Waals surface area contributed by atoms with Gasteiger partial charge in [-0.2, -0.15) is 0 Å². The van der Waals surface area contributed by atoms with Gasteiger partial charge < -0.3 is 15.9 Å². The Bertz CT molecular complexity index is 445. The molecule has 0 aromatic heterocycles. The third-order valence-electron chi connectivity index (χ3n) is 2.21. The van der Waals surface area contributed by atoms with Crippen LogP contribution in [0, 0.1) is 10.1 Å². The predicted molar refractivity (Wildman–Crippen MR) is 61.0 cm³/mol. The van der Waals surface area contributed by atoms with Gasteiger partial charge in [-0.05, 0) is 12.1 Å². The summed E-state index contributed by atoms with van der Waals surface area (Å²) in [5.74, 6) is -4.13. The fraction of sp³-hybridized carbons (Fsp3) is 0.333. The van der Waals surface area contributed by atoms with Gasteiger partial charge in [-0.15, -0.1) is 12.4 Å². The predicted octanol–water partition coefficient (Wildman–Crippen LogP) is 1.35. The summed E-state index contributed by atoms with van der Waals surface area (Å²) in [6.07, 6.45) is 0. The number of nitrogens with zero attached hydrogens (tertiary/aromatic N) is 1. The molecule has 0 aliphatic heterocycles. The van der Waals surface area contributed by atoms with Crippen molar-refractivity contribution in [2.24, 2.45) is 5.73 Å². The topological polar surface area (TPSA) is 110 Å². The van der Waals surface area contributed by atoms with Gasteiger partial charge in [0.15, 0.2) is 0 Å². The molecule has 0 saturated heterocycles. The molecule has 6 nitrogen and oxygen atoms in total. The zero-order valence-corrected chi connectivity index (χ0v) is 9.73. The second kappa shape index (κ2) is 5.89. The number of aliphatic hydroxyl groups excluding tert-OH is 1. The molecule has 0 aliphatic carbocycles. The van der Waals surface area contributed by atoms with Gasteiger partial charge in [-0.1, -0.05) is 0 Å². The van der Waals surface area contributed by atoms with E-state index in [1.54, 1.807) is 0 Å². The lowest BCUT2D eigenvalue weighted by Crippen LogP contribution is -2.36. The Labute approximate surface area is 107 Å². The van der Waals surface area contributed by atoms with Crippen molar-refractivity contribution in [1.82, 2.24) is 0 Å². The number of hydrogen-bond donors (Lipinski definition) is 3. The largest absolute Gasteiger partial charge is 0.508 e. The molecule has 1 rings (SSSR count). The molecule has 0 amide bonds. The molecule has 102 valence electrons. The minimum atomic E-state index is -3.71. The Hall–Kier alpha value is -1.51. The van der Waals surface area contributed by atoms with Gasteiger partial charge in [0.05, 0.1) is 10.5 Å². The molecule has 0 spiro atoms. The lowest BCUT2D eigenvalue weighted by atomic mass is 10.00. The normalized spacial score (nSPS) is 12.7. The molecule has 0 aliphatic rings. The van der Waals surface area contributed by atoms with E-state index in [9.17, 15) is 18.9 Å². The van der Waals surface area contributed by atoms with Crippen LogP contribution in [0.1, 0.15) is 11.6 Å². The summed E-state index contributed by atoms with van der Waals surface area (Å²) < 4.78 is 26.3. The van der Waals surface area contributed by atoms with Crippen LogP contribution in [0.3, 0.4) is 0 Å². The lowest BCUT2D eigenvalue weighted by Gasteiger charge is -2.21. The number of phenols is 1. The first-order valence-corrected chi connectivity index (χ1v) is 4.51. The first kappa shape index (κ1) is 16.5. The van der Waals surface area contributed by atoms with Crippen LogP contribution >= 0.6 is 12.4 Å². The molecule has 0 radical (unpaired) electrons. The van der Waals surface area contributed by atoms with Gasteiger partial charge in [0.25, 0.3) is 11.6 Å². The summed E-state index contributed by atoms with van der Waals surface area (Å²) in [6.45, 7) is -1.54. The van der Waals surface area contributed by atoms with Crippen LogP contribution < -0.4 is 5.73 Å². The number of phenolic OH excluding ortho intramolecular Hbond substituents is 1. The fourth-order valence-electron chi connectivity index (χ4n) is 1.28. The van der Waals surface area contributed by atoms with Crippen molar-refractivity contribution >= 4 is 18.1 Å². The van der Waals surface area contributed by atoms with Gasteiger partial charge in [0, 0.05) is 6.07 Å². The number of nitrogens with two attached hydrogens (primary N) is 1. The Kier molecular flexibility index (Phi) is 5.40. The smallest absolute Gasteiger partial charge is 0.289 e. The van der Waals surface area contributed by atoms with Gasteiger partial charge in [-0.25, -0.2) is 8.78 Å². The minimum absolute atomic E-state index is 0. The van der Waals surface area contributed by atoms with Crippen LogP contribution in [0.15, 0.2) is 18.2 Å². The fourth-order valence-corrected chi connectivity index (χ4v) is 1.28. The van der Waals surface area contributed by atoms with Crippen molar-refractivity contribution in [3.8, 4) is 5.75 Å². The van der Waals surface area contributed by atoms with Gasteiger partial charge in [0.1, 0.15) is 18.4 Å². The zero-order chi connectivity index (χ0) is 13.2. The highest BCUT2D eigenvalue weighted by Gasteiger charge is 2.40. The van der Waals surface area contributed by atoms with Crippen LogP contribution in [0.25, 0.3) is 0 Å². The van der Waals surface area contributed by atoms with Gasteiger partial charge >= 0.3 is 0 Å². The summed E-state index contributed by atoms with van der Waals surface area (Å²) in [4.78, 5) is 9.73. The number of aliphatic hydroxyl groups is 1. The van der Waals surface area contributed by atoms with E-state index < -0.39 is 40.5 Å². The number of benzene rings is 1. The van der Waals surface area contributed by atoms with Crippen LogP contribution in [0.5, 0.6) is 5.75 Å². The number of alkyl halides is 2. The molecule has 9 heteroatoms. The van der Waals surface area contributed by atoms with Crippen molar-refractivity contribution in [1.29, 1.82) is 0 Å². The maximum atomic E-state index is 13.1. The molecule has 1 aromatic rings. The first-order chi connectivity index (χ1) is 7.79. The molecule has 0 unspecified atom stereocenters. The molecule has 4 N–H and O–H groups in total. The molecule has 1 atom stereocenters. The Morgan fingerprint density at radius 3 is 2.50 bits per heavy atom. The van der Waals surface area contributed by atoms with Crippen LogP contribution in [-0.4, -0.2) is 27.7 Å². The number of nitro groups is 1. The third kappa shape index (κ3) is 3.25. The second-order valence-corrected chi connectivity index (χ2v) is 3.40. The Morgan fingerprint density at radius 1 is 1.50 bits per heavy atom. The van der Waals surface area contributed by atoms with Crippen molar-refractivity contribution in [2.45, 2.75) is 12.0 Å². The van der Waals surface area contributed by atoms with Crippen molar-refractivity contribution < 1.29 is 23.9 Å². The molecule has 18 heavy (non-hydrogen) atoms. The van der Waals surface area contributed by atoms with E-state index in [1.165, 1.54) is 0 Å². The summed E-state index contributed by atoms with van der Waals surface area (Å²) in [5.41, 5.74) is 4.00. The monoisotopic (exact) mass is 284 g/mol. The van der Waals surface area contributed by atoms with E-state index in [0.29, 0.717) is 0 Å². The van der Waals surface area contributed by atoms with Crippen molar-refractivity contribution in [3.63, 3.8) is 0 Å². The summed E-state index contributed by atoms with van der Waals surface area (Å²) >= 11 is 0. The minimum Gasteiger partial charge on any atom is -0.508 e. The number of nitro benzene ring substituents is 1. The average molecular weight is 285 g/mol. The highest BCUT2D eigenvalue weighted by atomic mass is 35.5. The summed E-state index contributed by atoms with van der Waals surface area (Å²) in [5, 5.41) is 28.2.